The normalized spacial score (nSPS) is 15.8. The summed E-state index contributed by atoms with van der Waals surface area (Å²) in [5, 5.41) is 0.722. The third kappa shape index (κ3) is 7.71. The summed E-state index contributed by atoms with van der Waals surface area (Å²) in [6, 6.07) is -0.313. The number of hydrogen-bond donors (Lipinski definition) is 2. The smallest absolute Gasteiger partial charge is 0.287 e. The van der Waals surface area contributed by atoms with E-state index in [1.165, 1.54) is 6.08 Å². The van der Waals surface area contributed by atoms with Crippen molar-refractivity contribution in [2.75, 3.05) is 0 Å². The lowest BCUT2D eigenvalue weighted by atomic mass is 10.1. The Bertz CT molecular complexity index is 243. The van der Waals surface area contributed by atoms with Crippen LogP contribution in [0.5, 0.6) is 0 Å². The van der Waals surface area contributed by atoms with E-state index < -0.39 is 10.1 Å². The summed E-state index contributed by atoms with van der Waals surface area (Å²) in [5.41, 5.74) is 5.52. The van der Waals surface area contributed by atoms with Crippen LogP contribution in [0.25, 0.3) is 0 Å². The van der Waals surface area contributed by atoms with E-state index in [-0.39, 0.29) is 6.04 Å². The minimum Gasteiger partial charge on any atom is -0.324 e. The fourth-order valence-electron chi connectivity index (χ4n) is 0.823. The highest BCUT2D eigenvalue weighted by molar-refractivity contribution is 7.88. The minimum atomic E-state index is -4.02. The lowest BCUT2D eigenvalue weighted by Gasteiger charge is -2.08. The Kier molecular flexibility index (Phi) is 4.44. The van der Waals surface area contributed by atoms with Gasteiger partial charge in [-0.05, 0) is 12.3 Å². The van der Waals surface area contributed by atoms with E-state index in [0.717, 1.165) is 5.41 Å². The molecule has 0 rings (SSSR count). The molecule has 0 aliphatic heterocycles. The molecule has 0 bridgehead atoms. The second-order valence-corrected chi connectivity index (χ2v) is 4.44. The highest BCUT2D eigenvalue weighted by Crippen LogP contribution is 2.03. The molecule has 0 radical (unpaired) electrons. The predicted octanol–water partition coefficient (Wildman–Crippen LogP) is 0.761. The van der Waals surface area contributed by atoms with Crippen LogP contribution in [0.4, 0.5) is 0 Å². The second-order valence-electron chi connectivity index (χ2n) is 3.14. The summed E-state index contributed by atoms with van der Waals surface area (Å²) >= 11 is 0. The van der Waals surface area contributed by atoms with Gasteiger partial charge in [-0.15, -0.1) is 0 Å². The van der Waals surface area contributed by atoms with Crippen LogP contribution in [-0.4, -0.2) is 19.0 Å². The zero-order valence-electron chi connectivity index (χ0n) is 7.27. The van der Waals surface area contributed by atoms with Crippen LogP contribution < -0.4 is 5.73 Å². The van der Waals surface area contributed by atoms with Crippen LogP contribution in [0.2, 0.25) is 0 Å². The Hall–Kier alpha value is -0.390. The Balaban J connectivity index is 4.01. The Labute approximate surface area is 73.2 Å². The monoisotopic (exact) mass is 193 g/mol. The molecule has 5 heteroatoms. The van der Waals surface area contributed by atoms with Gasteiger partial charge in [-0.2, -0.15) is 8.42 Å². The molecule has 3 N–H and O–H groups in total. The summed E-state index contributed by atoms with van der Waals surface area (Å²) in [7, 11) is -4.02. The van der Waals surface area contributed by atoms with Gasteiger partial charge < -0.3 is 5.73 Å². The minimum absolute atomic E-state index is 0.313. The van der Waals surface area contributed by atoms with Gasteiger partial charge in [0.1, 0.15) is 0 Å². The van der Waals surface area contributed by atoms with Crippen LogP contribution in [-0.2, 0) is 10.1 Å². The van der Waals surface area contributed by atoms with E-state index >= 15 is 0 Å². The highest BCUT2D eigenvalue weighted by Gasteiger charge is 2.03. The van der Waals surface area contributed by atoms with Gasteiger partial charge in [0.05, 0.1) is 5.41 Å². The van der Waals surface area contributed by atoms with Crippen LogP contribution in [0.15, 0.2) is 11.5 Å². The summed E-state index contributed by atoms with van der Waals surface area (Å²) in [6.07, 6.45) is 1.99. The molecule has 0 spiro atoms. The van der Waals surface area contributed by atoms with Gasteiger partial charge in [0, 0.05) is 6.04 Å². The van der Waals surface area contributed by atoms with Crippen molar-refractivity contribution in [1.82, 2.24) is 0 Å². The first-order chi connectivity index (χ1) is 5.31. The zero-order valence-corrected chi connectivity index (χ0v) is 8.08. The van der Waals surface area contributed by atoms with Gasteiger partial charge in [-0.3, -0.25) is 4.55 Å². The largest absolute Gasteiger partial charge is 0.324 e. The van der Waals surface area contributed by atoms with Gasteiger partial charge in [0.25, 0.3) is 10.1 Å². The van der Waals surface area contributed by atoms with Crippen LogP contribution in [0.3, 0.4) is 0 Å². The number of nitrogens with two attached hydrogens (primary N) is 1. The molecular formula is C7H15NO3S. The van der Waals surface area contributed by atoms with E-state index in [0.29, 0.717) is 12.3 Å². The average Bonchev–Trinajstić information content (AvgIpc) is 1.80. The first-order valence-electron chi connectivity index (χ1n) is 3.72. The summed E-state index contributed by atoms with van der Waals surface area (Å²) in [4.78, 5) is 0. The zero-order chi connectivity index (χ0) is 9.78. The van der Waals surface area contributed by atoms with Crippen LogP contribution >= 0.6 is 0 Å². The fourth-order valence-corrected chi connectivity index (χ4v) is 1.22. The van der Waals surface area contributed by atoms with Gasteiger partial charge in [-0.25, -0.2) is 0 Å². The molecule has 0 fully saturated rings. The van der Waals surface area contributed by atoms with E-state index in [1.807, 2.05) is 13.8 Å². The topological polar surface area (TPSA) is 80.4 Å². The molecule has 0 aromatic heterocycles. The highest BCUT2D eigenvalue weighted by atomic mass is 32.2. The molecule has 4 nitrogen and oxygen atoms in total. The molecule has 0 saturated carbocycles. The number of hydrogen-bond acceptors (Lipinski definition) is 3. The quantitative estimate of drug-likeness (QED) is 0.646. The molecule has 0 aromatic carbocycles. The number of rotatable bonds is 4. The van der Waals surface area contributed by atoms with E-state index in [2.05, 4.69) is 0 Å². The first kappa shape index (κ1) is 11.6. The van der Waals surface area contributed by atoms with E-state index in [9.17, 15) is 8.42 Å². The molecule has 0 aliphatic carbocycles. The van der Waals surface area contributed by atoms with Gasteiger partial charge in [-0.1, -0.05) is 19.9 Å². The summed E-state index contributed by atoms with van der Waals surface area (Å²) in [5.74, 6) is 0.408. The summed E-state index contributed by atoms with van der Waals surface area (Å²) in [6.45, 7) is 3.97. The van der Waals surface area contributed by atoms with E-state index in [1.54, 1.807) is 0 Å². The van der Waals surface area contributed by atoms with Crippen molar-refractivity contribution < 1.29 is 13.0 Å². The van der Waals surface area contributed by atoms with Crippen LogP contribution in [0, 0.1) is 5.92 Å². The standard InChI is InChI=1S/C7H15NO3S/c1-6(2)5-7(8)3-4-12(9,10)11/h3-4,6-7H,5,8H2,1-2H3,(H,9,10,11)/b4-3+/t7-/m0/s1. The molecule has 0 aliphatic rings. The molecule has 0 unspecified atom stereocenters. The SMILES string of the molecule is CC(C)C[C@@H](N)/C=C/S(=O)(=O)O. The van der Waals surface area contributed by atoms with E-state index in [4.69, 9.17) is 10.3 Å². The predicted molar refractivity (Wildman–Crippen MR) is 48.1 cm³/mol. The maximum atomic E-state index is 10.2. The van der Waals surface area contributed by atoms with Crippen molar-refractivity contribution in [2.45, 2.75) is 26.3 Å². The Morgan fingerprint density at radius 2 is 2.00 bits per heavy atom. The molecule has 0 aromatic rings. The lowest BCUT2D eigenvalue weighted by Crippen LogP contribution is -2.19. The van der Waals surface area contributed by atoms with Crippen molar-refractivity contribution in [3.05, 3.63) is 11.5 Å². The maximum absolute atomic E-state index is 10.2. The van der Waals surface area contributed by atoms with Crippen molar-refractivity contribution in [2.24, 2.45) is 11.7 Å². The third-order valence-corrected chi connectivity index (χ3v) is 1.74. The molecule has 0 amide bonds. The molecule has 0 saturated heterocycles. The molecular weight excluding hydrogens is 178 g/mol. The van der Waals surface area contributed by atoms with Gasteiger partial charge >= 0.3 is 0 Å². The summed E-state index contributed by atoms with van der Waals surface area (Å²) < 4.78 is 28.8. The molecule has 0 heterocycles. The van der Waals surface area contributed by atoms with Crippen molar-refractivity contribution in [1.29, 1.82) is 0 Å². The Morgan fingerprint density at radius 3 is 2.33 bits per heavy atom. The van der Waals surface area contributed by atoms with Crippen LogP contribution in [0.1, 0.15) is 20.3 Å². The first-order valence-corrected chi connectivity index (χ1v) is 5.23. The second kappa shape index (κ2) is 4.59. The van der Waals surface area contributed by atoms with Crippen molar-refractivity contribution in [3.63, 3.8) is 0 Å². The Morgan fingerprint density at radius 1 is 1.50 bits per heavy atom. The lowest BCUT2D eigenvalue weighted by molar-refractivity contribution is 0.493. The maximum Gasteiger partial charge on any atom is 0.287 e. The van der Waals surface area contributed by atoms with Gasteiger partial charge in [0.15, 0.2) is 0 Å². The molecule has 72 valence electrons. The van der Waals surface area contributed by atoms with Crippen molar-refractivity contribution >= 4 is 10.1 Å². The third-order valence-electron chi connectivity index (χ3n) is 1.24. The van der Waals surface area contributed by atoms with Gasteiger partial charge in [0.2, 0.25) is 0 Å². The fraction of sp³-hybridized carbons (Fsp3) is 0.714. The molecule has 1 atom stereocenters. The van der Waals surface area contributed by atoms with Crippen molar-refractivity contribution in [3.8, 4) is 0 Å². The molecule has 12 heavy (non-hydrogen) atoms. The average molecular weight is 193 g/mol.